The third kappa shape index (κ3) is 6.14. The van der Waals surface area contributed by atoms with Crippen LogP contribution in [0.1, 0.15) is 19.5 Å². The Morgan fingerprint density at radius 1 is 1.40 bits per heavy atom. The lowest BCUT2D eigenvalue weighted by molar-refractivity contribution is 0.111. The summed E-state index contributed by atoms with van der Waals surface area (Å²) in [6.45, 7) is 7.47. The zero-order chi connectivity index (χ0) is 10.9. The summed E-state index contributed by atoms with van der Waals surface area (Å²) in [6.07, 6.45) is 5.14. The Balaban J connectivity index is 1.98. The SMILES string of the molecule is CC(C)COCCNCc1cnccn1. The Bertz CT molecular complexity index is 251. The number of rotatable bonds is 7. The van der Waals surface area contributed by atoms with E-state index in [-0.39, 0.29) is 0 Å². The highest BCUT2D eigenvalue weighted by Gasteiger charge is 1.94. The maximum Gasteiger partial charge on any atom is 0.0724 e. The number of nitrogens with one attached hydrogen (secondary N) is 1. The largest absolute Gasteiger partial charge is 0.380 e. The molecule has 0 spiro atoms. The number of hydrogen-bond donors (Lipinski definition) is 1. The van der Waals surface area contributed by atoms with Gasteiger partial charge < -0.3 is 10.1 Å². The fourth-order valence-corrected chi connectivity index (χ4v) is 1.10. The first-order valence-corrected chi connectivity index (χ1v) is 5.32. The van der Waals surface area contributed by atoms with E-state index in [1.165, 1.54) is 0 Å². The van der Waals surface area contributed by atoms with Crippen LogP contribution in [0.25, 0.3) is 0 Å². The van der Waals surface area contributed by atoms with Crippen molar-refractivity contribution in [2.24, 2.45) is 5.92 Å². The van der Waals surface area contributed by atoms with Crippen molar-refractivity contribution < 1.29 is 4.74 Å². The molecule has 4 nitrogen and oxygen atoms in total. The summed E-state index contributed by atoms with van der Waals surface area (Å²) in [7, 11) is 0. The molecule has 0 radical (unpaired) electrons. The average Bonchev–Trinajstić information content (AvgIpc) is 2.24. The van der Waals surface area contributed by atoms with Crippen molar-refractivity contribution in [3.05, 3.63) is 24.3 Å². The summed E-state index contributed by atoms with van der Waals surface area (Å²) < 4.78 is 5.43. The van der Waals surface area contributed by atoms with E-state index in [1.54, 1.807) is 18.6 Å². The van der Waals surface area contributed by atoms with Crippen LogP contribution in [0.5, 0.6) is 0 Å². The maximum absolute atomic E-state index is 5.43. The first-order valence-electron chi connectivity index (χ1n) is 5.32. The van der Waals surface area contributed by atoms with Gasteiger partial charge in [0, 0.05) is 38.3 Å². The van der Waals surface area contributed by atoms with Gasteiger partial charge in [0.2, 0.25) is 0 Å². The van der Waals surface area contributed by atoms with E-state index in [2.05, 4.69) is 29.1 Å². The summed E-state index contributed by atoms with van der Waals surface area (Å²) in [6, 6.07) is 0. The Kier molecular flexibility index (Phi) is 5.88. The molecular formula is C11H19N3O. The number of aromatic nitrogens is 2. The van der Waals surface area contributed by atoms with Crippen molar-refractivity contribution in [3.63, 3.8) is 0 Å². The lowest BCUT2D eigenvalue weighted by atomic mass is 10.2. The third-order valence-corrected chi connectivity index (χ3v) is 1.80. The van der Waals surface area contributed by atoms with Crippen molar-refractivity contribution in [2.75, 3.05) is 19.8 Å². The van der Waals surface area contributed by atoms with E-state index in [9.17, 15) is 0 Å². The van der Waals surface area contributed by atoms with Crippen LogP contribution in [0.15, 0.2) is 18.6 Å². The van der Waals surface area contributed by atoms with Gasteiger partial charge >= 0.3 is 0 Å². The van der Waals surface area contributed by atoms with E-state index in [0.29, 0.717) is 5.92 Å². The lowest BCUT2D eigenvalue weighted by Crippen LogP contribution is -2.20. The van der Waals surface area contributed by atoms with E-state index < -0.39 is 0 Å². The topological polar surface area (TPSA) is 47.0 Å². The summed E-state index contributed by atoms with van der Waals surface area (Å²) >= 11 is 0. The van der Waals surface area contributed by atoms with Crippen molar-refractivity contribution in [1.82, 2.24) is 15.3 Å². The molecule has 0 aromatic carbocycles. The van der Waals surface area contributed by atoms with Crippen LogP contribution in [0.4, 0.5) is 0 Å². The zero-order valence-electron chi connectivity index (χ0n) is 9.44. The maximum atomic E-state index is 5.43. The Hall–Kier alpha value is -1.00. The molecule has 1 N–H and O–H groups in total. The van der Waals surface area contributed by atoms with Crippen LogP contribution >= 0.6 is 0 Å². The minimum atomic E-state index is 0.602. The molecule has 0 fully saturated rings. The van der Waals surface area contributed by atoms with Gasteiger partial charge in [0.1, 0.15) is 0 Å². The first-order chi connectivity index (χ1) is 7.29. The highest BCUT2D eigenvalue weighted by molar-refractivity contribution is 4.93. The molecule has 0 unspecified atom stereocenters. The predicted octanol–water partition coefficient (Wildman–Crippen LogP) is 1.24. The molecule has 1 aromatic rings. The molecule has 0 bridgehead atoms. The van der Waals surface area contributed by atoms with Gasteiger partial charge in [-0.1, -0.05) is 13.8 Å². The van der Waals surface area contributed by atoms with Crippen molar-refractivity contribution in [3.8, 4) is 0 Å². The molecule has 0 saturated heterocycles. The van der Waals surface area contributed by atoms with Crippen molar-refractivity contribution in [1.29, 1.82) is 0 Å². The fraction of sp³-hybridized carbons (Fsp3) is 0.636. The van der Waals surface area contributed by atoms with Gasteiger partial charge in [-0.3, -0.25) is 9.97 Å². The van der Waals surface area contributed by atoms with Crippen LogP contribution < -0.4 is 5.32 Å². The monoisotopic (exact) mass is 209 g/mol. The number of hydrogen-bond acceptors (Lipinski definition) is 4. The minimum absolute atomic E-state index is 0.602. The summed E-state index contributed by atoms with van der Waals surface area (Å²) in [4.78, 5) is 8.15. The number of nitrogens with zero attached hydrogens (tertiary/aromatic N) is 2. The van der Waals surface area contributed by atoms with Gasteiger partial charge in [0.05, 0.1) is 12.3 Å². The molecule has 0 aliphatic heterocycles. The second-order valence-corrected chi connectivity index (χ2v) is 3.84. The average molecular weight is 209 g/mol. The molecule has 1 aromatic heterocycles. The highest BCUT2D eigenvalue weighted by atomic mass is 16.5. The van der Waals surface area contributed by atoms with Gasteiger partial charge in [-0.05, 0) is 5.92 Å². The van der Waals surface area contributed by atoms with Crippen LogP contribution in [0.3, 0.4) is 0 Å². The van der Waals surface area contributed by atoms with Crippen LogP contribution in [-0.4, -0.2) is 29.7 Å². The molecule has 0 aliphatic carbocycles. The fourth-order valence-electron chi connectivity index (χ4n) is 1.10. The predicted molar refractivity (Wildman–Crippen MR) is 59.4 cm³/mol. The van der Waals surface area contributed by atoms with E-state index in [0.717, 1.165) is 32.0 Å². The van der Waals surface area contributed by atoms with Crippen molar-refractivity contribution in [2.45, 2.75) is 20.4 Å². The third-order valence-electron chi connectivity index (χ3n) is 1.80. The van der Waals surface area contributed by atoms with Gasteiger partial charge in [-0.15, -0.1) is 0 Å². The Labute approximate surface area is 91.1 Å². The van der Waals surface area contributed by atoms with Crippen LogP contribution in [0, 0.1) is 5.92 Å². The second-order valence-electron chi connectivity index (χ2n) is 3.84. The van der Waals surface area contributed by atoms with E-state index in [1.807, 2.05) is 0 Å². The smallest absolute Gasteiger partial charge is 0.0724 e. The number of ether oxygens (including phenoxy) is 1. The summed E-state index contributed by atoms with van der Waals surface area (Å²) in [5.74, 6) is 0.602. The van der Waals surface area contributed by atoms with Crippen molar-refractivity contribution >= 4 is 0 Å². The molecule has 1 heterocycles. The molecule has 84 valence electrons. The molecule has 15 heavy (non-hydrogen) atoms. The normalized spacial score (nSPS) is 10.9. The molecule has 1 rings (SSSR count). The first kappa shape index (κ1) is 12.1. The molecule has 0 amide bonds. The quantitative estimate of drug-likeness (QED) is 0.686. The zero-order valence-corrected chi connectivity index (χ0v) is 9.44. The molecule has 0 aliphatic rings. The summed E-state index contributed by atoms with van der Waals surface area (Å²) in [5, 5.41) is 3.25. The highest BCUT2D eigenvalue weighted by Crippen LogP contribution is 1.91. The van der Waals surface area contributed by atoms with Crippen LogP contribution in [0.2, 0.25) is 0 Å². The lowest BCUT2D eigenvalue weighted by Gasteiger charge is -2.07. The molecule has 4 heteroatoms. The summed E-state index contributed by atoms with van der Waals surface area (Å²) in [5.41, 5.74) is 0.960. The molecular weight excluding hydrogens is 190 g/mol. The van der Waals surface area contributed by atoms with Gasteiger partial charge in [0.15, 0.2) is 0 Å². The standard InChI is InChI=1S/C11H19N3O/c1-10(2)9-15-6-5-13-8-11-7-12-3-4-14-11/h3-4,7,10,13H,5-6,8-9H2,1-2H3. The van der Waals surface area contributed by atoms with Gasteiger partial charge in [-0.25, -0.2) is 0 Å². The van der Waals surface area contributed by atoms with Crippen LogP contribution in [-0.2, 0) is 11.3 Å². The Morgan fingerprint density at radius 2 is 2.27 bits per heavy atom. The van der Waals surface area contributed by atoms with E-state index >= 15 is 0 Å². The minimum Gasteiger partial charge on any atom is -0.380 e. The molecule has 0 atom stereocenters. The van der Waals surface area contributed by atoms with E-state index in [4.69, 9.17) is 4.74 Å². The van der Waals surface area contributed by atoms with Gasteiger partial charge in [0.25, 0.3) is 0 Å². The second kappa shape index (κ2) is 7.31. The Morgan fingerprint density at radius 3 is 2.93 bits per heavy atom. The van der Waals surface area contributed by atoms with Gasteiger partial charge in [-0.2, -0.15) is 0 Å². The molecule has 0 saturated carbocycles.